The number of anilines is 1. The summed E-state index contributed by atoms with van der Waals surface area (Å²) in [6.45, 7) is 4.40. The van der Waals surface area contributed by atoms with E-state index in [2.05, 4.69) is 11.8 Å². The molecule has 16 heavy (non-hydrogen) atoms. The van der Waals surface area contributed by atoms with Crippen LogP contribution in [0.15, 0.2) is 18.2 Å². The molecule has 0 aromatic heterocycles. The van der Waals surface area contributed by atoms with Crippen LogP contribution in [0.25, 0.3) is 0 Å². The highest BCUT2D eigenvalue weighted by molar-refractivity contribution is 6.33. The van der Waals surface area contributed by atoms with Gasteiger partial charge in [-0.05, 0) is 18.4 Å². The fourth-order valence-electron chi connectivity index (χ4n) is 2.41. The maximum Gasteiger partial charge on any atom is 0.0702 e. The molecule has 0 bridgehead atoms. The van der Waals surface area contributed by atoms with Crippen molar-refractivity contribution in [3.05, 3.63) is 28.8 Å². The topological polar surface area (TPSA) is 23.5 Å². The molecule has 3 heteroatoms. The zero-order valence-electron chi connectivity index (χ0n) is 9.62. The van der Waals surface area contributed by atoms with E-state index in [4.69, 9.17) is 11.6 Å². The summed E-state index contributed by atoms with van der Waals surface area (Å²) in [5, 5.41) is 10.1. The van der Waals surface area contributed by atoms with Crippen LogP contribution < -0.4 is 4.90 Å². The van der Waals surface area contributed by atoms with Gasteiger partial charge in [-0.2, -0.15) is 0 Å². The maximum atomic E-state index is 9.34. The van der Waals surface area contributed by atoms with E-state index in [1.165, 1.54) is 12.8 Å². The summed E-state index contributed by atoms with van der Waals surface area (Å²) in [6.07, 6.45) is 2.45. The van der Waals surface area contributed by atoms with Crippen molar-refractivity contribution in [1.82, 2.24) is 0 Å². The first-order chi connectivity index (χ1) is 7.76. The minimum absolute atomic E-state index is 0.0587. The molecule has 1 aliphatic heterocycles. The summed E-state index contributed by atoms with van der Waals surface area (Å²) in [5.41, 5.74) is 1.96. The molecular weight excluding hydrogens is 222 g/mol. The van der Waals surface area contributed by atoms with Crippen LogP contribution in [0.4, 0.5) is 5.69 Å². The van der Waals surface area contributed by atoms with Crippen LogP contribution in [-0.2, 0) is 6.61 Å². The van der Waals surface area contributed by atoms with Gasteiger partial charge in [-0.15, -0.1) is 0 Å². The van der Waals surface area contributed by atoms with Crippen molar-refractivity contribution in [3.8, 4) is 0 Å². The fourth-order valence-corrected chi connectivity index (χ4v) is 2.72. The van der Waals surface area contributed by atoms with E-state index in [-0.39, 0.29) is 6.61 Å². The van der Waals surface area contributed by atoms with E-state index >= 15 is 0 Å². The van der Waals surface area contributed by atoms with Crippen LogP contribution in [0, 0.1) is 5.92 Å². The van der Waals surface area contributed by atoms with E-state index in [9.17, 15) is 5.11 Å². The second kappa shape index (κ2) is 5.07. The Balaban J connectivity index is 2.26. The average Bonchev–Trinajstić information content (AvgIpc) is 2.76. The van der Waals surface area contributed by atoms with Crippen LogP contribution in [0.5, 0.6) is 0 Å². The van der Waals surface area contributed by atoms with Gasteiger partial charge in [0.05, 0.1) is 17.3 Å². The van der Waals surface area contributed by atoms with E-state index < -0.39 is 0 Å². The van der Waals surface area contributed by atoms with E-state index in [1.807, 2.05) is 18.2 Å². The van der Waals surface area contributed by atoms with Crippen molar-refractivity contribution in [1.29, 1.82) is 0 Å². The molecule has 1 aliphatic rings. The van der Waals surface area contributed by atoms with Gasteiger partial charge >= 0.3 is 0 Å². The number of halogens is 1. The van der Waals surface area contributed by atoms with Crippen LogP contribution in [0.2, 0.25) is 5.02 Å². The van der Waals surface area contributed by atoms with Crippen molar-refractivity contribution >= 4 is 17.3 Å². The summed E-state index contributed by atoms with van der Waals surface area (Å²) < 4.78 is 0. The summed E-state index contributed by atoms with van der Waals surface area (Å²) >= 11 is 6.23. The molecule has 1 N–H and O–H groups in total. The third-order valence-electron chi connectivity index (χ3n) is 3.42. The van der Waals surface area contributed by atoms with Gasteiger partial charge in [0.2, 0.25) is 0 Å². The third kappa shape index (κ3) is 2.18. The Labute approximate surface area is 102 Å². The van der Waals surface area contributed by atoms with Crippen LogP contribution in [0.1, 0.15) is 25.3 Å². The number of rotatable bonds is 3. The maximum absolute atomic E-state index is 9.34. The zero-order chi connectivity index (χ0) is 11.5. The molecule has 0 saturated carbocycles. The Kier molecular flexibility index (Phi) is 3.72. The van der Waals surface area contributed by atoms with Crippen molar-refractivity contribution < 1.29 is 5.11 Å². The number of aliphatic hydroxyl groups excluding tert-OH is 1. The summed E-state index contributed by atoms with van der Waals surface area (Å²) in [6, 6.07) is 5.74. The molecule has 0 aliphatic carbocycles. The summed E-state index contributed by atoms with van der Waals surface area (Å²) in [7, 11) is 0. The van der Waals surface area contributed by atoms with Gasteiger partial charge in [0, 0.05) is 18.7 Å². The number of nitrogens with zero attached hydrogens (tertiary/aromatic N) is 1. The summed E-state index contributed by atoms with van der Waals surface area (Å²) in [5.74, 6) is 0.766. The van der Waals surface area contributed by atoms with Crippen molar-refractivity contribution in [3.63, 3.8) is 0 Å². The Morgan fingerprint density at radius 1 is 1.50 bits per heavy atom. The number of benzene rings is 1. The molecule has 2 nitrogen and oxygen atoms in total. The van der Waals surface area contributed by atoms with Gasteiger partial charge in [-0.3, -0.25) is 0 Å². The quantitative estimate of drug-likeness (QED) is 0.877. The number of aliphatic hydroxyl groups is 1. The fraction of sp³-hybridized carbons (Fsp3) is 0.538. The number of para-hydroxylation sites is 1. The molecule has 0 spiro atoms. The molecule has 1 saturated heterocycles. The Bertz CT molecular complexity index is 367. The first kappa shape index (κ1) is 11.7. The molecule has 88 valence electrons. The van der Waals surface area contributed by atoms with Gasteiger partial charge in [-0.1, -0.05) is 37.1 Å². The SMILES string of the molecule is CCC1CCN(c2c(Cl)cccc2CO)C1. The Morgan fingerprint density at radius 2 is 2.31 bits per heavy atom. The molecule has 0 amide bonds. The average molecular weight is 240 g/mol. The first-order valence-electron chi connectivity index (χ1n) is 5.89. The minimum atomic E-state index is 0.0587. The van der Waals surface area contributed by atoms with Crippen molar-refractivity contribution in [2.75, 3.05) is 18.0 Å². The standard InChI is InChI=1S/C13H18ClNO/c1-2-10-6-7-15(8-10)13-11(9-16)4-3-5-12(13)14/h3-5,10,16H,2,6-9H2,1H3. The first-order valence-corrected chi connectivity index (χ1v) is 6.27. The minimum Gasteiger partial charge on any atom is -0.392 e. The molecule has 1 fully saturated rings. The largest absolute Gasteiger partial charge is 0.392 e. The van der Waals surface area contributed by atoms with Gasteiger partial charge in [0.15, 0.2) is 0 Å². The van der Waals surface area contributed by atoms with Gasteiger partial charge in [-0.25, -0.2) is 0 Å². The normalized spacial score (nSPS) is 20.4. The molecule has 0 radical (unpaired) electrons. The predicted molar refractivity (Wildman–Crippen MR) is 68.0 cm³/mol. The highest BCUT2D eigenvalue weighted by atomic mass is 35.5. The predicted octanol–water partition coefficient (Wildman–Crippen LogP) is 3.07. The Morgan fingerprint density at radius 3 is 2.94 bits per heavy atom. The second-order valence-electron chi connectivity index (χ2n) is 4.41. The van der Waals surface area contributed by atoms with Crippen LogP contribution in [0.3, 0.4) is 0 Å². The third-order valence-corrected chi connectivity index (χ3v) is 3.73. The highest BCUT2D eigenvalue weighted by Gasteiger charge is 2.24. The molecule has 1 atom stereocenters. The second-order valence-corrected chi connectivity index (χ2v) is 4.82. The van der Waals surface area contributed by atoms with Gasteiger partial charge in [0.1, 0.15) is 0 Å². The highest BCUT2D eigenvalue weighted by Crippen LogP contribution is 2.34. The van der Waals surface area contributed by atoms with Crippen molar-refractivity contribution in [2.45, 2.75) is 26.4 Å². The molecular formula is C13H18ClNO. The zero-order valence-corrected chi connectivity index (χ0v) is 10.4. The lowest BCUT2D eigenvalue weighted by Gasteiger charge is -2.22. The monoisotopic (exact) mass is 239 g/mol. The molecule has 1 aromatic rings. The van der Waals surface area contributed by atoms with Crippen molar-refractivity contribution in [2.24, 2.45) is 5.92 Å². The van der Waals surface area contributed by atoms with Crippen LogP contribution in [-0.4, -0.2) is 18.2 Å². The lowest BCUT2D eigenvalue weighted by atomic mass is 10.1. The molecule has 1 aromatic carbocycles. The number of hydrogen-bond acceptors (Lipinski definition) is 2. The van der Waals surface area contributed by atoms with E-state index in [0.29, 0.717) is 0 Å². The smallest absolute Gasteiger partial charge is 0.0702 e. The van der Waals surface area contributed by atoms with Crippen LogP contribution >= 0.6 is 11.6 Å². The summed E-state index contributed by atoms with van der Waals surface area (Å²) in [4.78, 5) is 2.31. The molecule has 1 heterocycles. The molecule has 2 rings (SSSR count). The Hall–Kier alpha value is -0.730. The number of hydrogen-bond donors (Lipinski definition) is 1. The molecule has 1 unspecified atom stereocenters. The van der Waals surface area contributed by atoms with Gasteiger partial charge < -0.3 is 10.0 Å². The van der Waals surface area contributed by atoms with Gasteiger partial charge in [0.25, 0.3) is 0 Å². The lowest BCUT2D eigenvalue weighted by molar-refractivity contribution is 0.282. The van der Waals surface area contributed by atoms with E-state index in [1.54, 1.807) is 0 Å². The lowest BCUT2D eigenvalue weighted by Crippen LogP contribution is -2.21. The van der Waals surface area contributed by atoms with E-state index in [0.717, 1.165) is 35.3 Å².